The van der Waals surface area contributed by atoms with Crippen molar-refractivity contribution in [2.45, 2.75) is 11.6 Å². The van der Waals surface area contributed by atoms with Crippen molar-refractivity contribution in [3.05, 3.63) is 59.3 Å². The van der Waals surface area contributed by atoms with Gasteiger partial charge in [-0.2, -0.15) is 0 Å². The molecular weight excluding hydrogens is 298 g/mol. The summed E-state index contributed by atoms with van der Waals surface area (Å²) in [5.41, 5.74) is 1.99. The first-order chi connectivity index (χ1) is 10.7. The topological polar surface area (TPSA) is 71.1 Å². The van der Waals surface area contributed by atoms with Crippen LogP contribution in [0.5, 0.6) is 0 Å². The minimum absolute atomic E-state index is 0.148. The summed E-state index contributed by atoms with van der Waals surface area (Å²) in [6.45, 7) is 0.354. The molecule has 0 saturated carbocycles. The molecule has 2 aromatic rings. The zero-order chi connectivity index (χ0) is 15.9. The number of nitrogens with one attached hydrogen (secondary N) is 2. The standard InChI is InChI=1S/C16H17N3O2S/c1-17-14(20)12-6-3-5-11(9-12)10-19-15(21)13-7-4-8-18-16(13)22-2/h3-9H,10H2,1-2H3,(H,17,20)(H,19,21). The molecule has 0 aliphatic heterocycles. The van der Waals surface area contributed by atoms with Crippen LogP contribution in [-0.2, 0) is 6.54 Å². The Morgan fingerprint density at radius 1 is 1.18 bits per heavy atom. The first kappa shape index (κ1) is 16.0. The van der Waals surface area contributed by atoms with Crippen LogP contribution in [0.25, 0.3) is 0 Å². The number of hydrogen-bond donors (Lipinski definition) is 2. The summed E-state index contributed by atoms with van der Waals surface area (Å²) in [7, 11) is 1.59. The van der Waals surface area contributed by atoms with Gasteiger partial charge in [0, 0.05) is 25.4 Å². The van der Waals surface area contributed by atoms with Crippen LogP contribution in [0.4, 0.5) is 0 Å². The number of benzene rings is 1. The number of carbonyl (C=O) groups excluding carboxylic acids is 2. The summed E-state index contributed by atoms with van der Waals surface area (Å²) in [5, 5.41) is 6.12. The summed E-state index contributed by atoms with van der Waals surface area (Å²) in [6.07, 6.45) is 3.54. The van der Waals surface area contributed by atoms with E-state index in [0.717, 1.165) is 5.56 Å². The fourth-order valence-electron chi connectivity index (χ4n) is 1.97. The van der Waals surface area contributed by atoms with Gasteiger partial charge in [0.1, 0.15) is 5.03 Å². The molecule has 5 nitrogen and oxygen atoms in total. The van der Waals surface area contributed by atoms with Gasteiger partial charge in [0.05, 0.1) is 5.56 Å². The molecule has 6 heteroatoms. The second-order valence-electron chi connectivity index (χ2n) is 4.52. The van der Waals surface area contributed by atoms with Crippen LogP contribution in [0.15, 0.2) is 47.6 Å². The van der Waals surface area contributed by atoms with Crippen LogP contribution in [0, 0.1) is 0 Å². The van der Waals surface area contributed by atoms with E-state index in [1.807, 2.05) is 12.3 Å². The second-order valence-corrected chi connectivity index (χ2v) is 5.32. The summed E-state index contributed by atoms with van der Waals surface area (Å²) in [6, 6.07) is 10.6. The molecule has 0 fully saturated rings. The second kappa shape index (κ2) is 7.61. The third-order valence-electron chi connectivity index (χ3n) is 3.08. The molecule has 0 spiro atoms. The van der Waals surface area contributed by atoms with Gasteiger partial charge in [0.2, 0.25) is 0 Å². The molecular formula is C16H17N3O2S. The Hall–Kier alpha value is -2.34. The van der Waals surface area contributed by atoms with Crippen LogP contribution < -0.4 is 10.6 Å². The van der Waals surface area contributed by atoms with Crippen LogP contribution in [0.3, 0.4) is 0 Å². The molecule has 2 N–H and O–H groups in total. The predicted molar refractivity (Wildman–Crippen MR) is 87.0 cm³/mol. The maximum absolute atomic E-state index is 12.2. The number of nitrogens with zero attached hydrogens (tertiary/aromatic N) is 1. The quantitative estimate of drug-likeness (QED) is 0.829. The molecule has 0 saturated heterocycles. The highest BCUT2D eigenvalue weighted by Crippen LogP contribution is 2.16. The van der Waals surface area contributed by atoms with Gasteiger partial charge in [0.15, 0.2) is 0 Å². The van der Waals surface area contributed by atoms with Gasteiger partial charge in [-0.15, -0.1) is 11.8 Å². The zero-order valence-electron chi connectivity index (χ0n) is 12.4. The lowest BCUT2D eigenvalue weighted by Crippen LogP contribution is -2.24. The Labute approximate surface area is 133 Å². The van der Waals surface area contributed by atoms with Crippen LogP contribution in [0.1, 0.15) is 26.3 Å². The Kier molecular flexibility index (Phi) is 5.55. The summed E-state index contributed by atoms with van der Waals surface area (Å²) in [4.78, 5) is 28.0. The number of thioether (sulfide) groups is 1. The smallest absolute Gasteiger partial charge is 0.254 e. The van der Waals surface area contributed by atoms with Gasteiger partial charge in [-0.25, -0.2) is 4.98 Å². The van der Waals surface area contributed by atoms with Crippen molar-refractivity contribution < 1.29 is 9.59 Å². The lowest BCUT2D eigenvalue weighted by molar-refractivity contribution is 0.0945. The largest absolute Gasteiger partial charge is 0.355 e. The lowest BCUT2D eigenvalue weighted by atomic mass is 10.1. The minimum atomic E-state index is -0.178. The molecule has 0 atom stereocenters. The van der Waals surface area contributed by atoms with Crippen molar-refractivity contribution in [2.75, 3.05) is 13.3 Å². The average Bonchev–Trinajstić information content (AvgIpc) is 2.59. The van der Waals surface area contributed by atoms with Crippen LogP contribution in [0.2, 0.25) is 0 Å². The van der Waals surface area contributed by atoms with E-state index >= 15 is 0 Å². The monoisotopic (exact) mass is 315 g/mol. The molecule has 22 heavy (non-hydrogen) atoms. The summed E-state index contributed by atoms with van der Waals surface area (Å²) < 4.78 is 0. The zero-order valence-corrected chi connectivity index (χ0v) is 13.2. The van der Waals surface area contributed by atoms with Gasteiger partial charge in [-0.1, -0.05) is 12.1 Å². The molecule has 0 unspecified atom stereocenters. The predicted octanol–water partition coefficient (Wildman–Crippen LogP) is 2.09. The van der Waals surface area contributed by atoms with Gasteiger partial charge < -0.3 is 10.6 Å². The number of aromatic nitrogens is 1. The van der Waals surface area contributed by atoms with Crippen molar-refractivity contribution in [3.63, 3.8) is 0 Å². The third kappa shape index (κ3) is 3.85. The van der Waals surface area contributed by atoms with E-state index in [9.17, 15) is 9.59 Å². The van der Waals surface area contributed by atoms with E-state index in [0.29, 0.717) is 22.7 Å². The molecule has 1 heterocycles. The Morgan fingerprint density at radius 2 is 2.00 bits per heavy atom. The number of carbonyl (C=O) groups is 2. The third-order valence-corrected chi connectivity index (χ3v) is 3.79. The van der Waals surface area contributed by atoms with Crippen molar-refractivity contribution in [1.29, 1.82) is 0 Å². The Balaban J connectivity index is 2.07. The first-order valence-corrected chi connectivity index (χ1v) is 7.96. The van der Waals surface area contributed by atoms with E-state index in [1.165, 1.54) is 11.8 Å². The van der Waals surface area contributed by atoms with Gasteiger partial charge in [-0.3, -0.25) is 9.59 Å². The molecule has 0 bridgehead atoms. The van der Waals surface area contributed by atoms with E-state index in [2.05, 4.69) is 15.6 Å². The highest BCUT2D eigenvalue weighted by atomic mass is 32.2. The minimum Gasteiger partial charge on any atom is -0.355 e. The maximum atomic E-state index is 12.2. The molecule has 0 aliphatic carbocycles. The average molecular weight is 315 g/mol. The molecule has 2 rings (SSSR count). The molecule has 0 radical (unpaired) electrons. The van der Waals surface area contributed by atoms with Crippen LogP contribution >= 0.6 is 11.8 Å². The molecule has 1 aromatic carbocycles. The van der Waals surface area contributed by atoms with Crippen molar-refractivity contribution in [1.82, 2.24) is 15.6 Å². The highest BCUT2D eigenvalue weighted by Gasteiger charge is 2.11. The molecule has 2 amide bonds. The van der Waals surface area contributed by atoms with E-state index in [4.69, 9.17) is 0 Å². The maximum Gasteiger partial charge on any atom is 0.254 e. The van der Waals surface area contributed by atoms with Gasteiger partial charge >= 0.3 is 0 Å². The number of amides is 2. The van der Waals surface area contributed by atoms with E-state index in [1.54, 1.807) is 43.6 Å². The molecule has 1 aromatic heterocycles. The highest BCUT2D eigenvalue weighted by molar-refractivity contribution is 7.98. The SMILES string of the molecule is CNC(=O)c1cccc(CNC(=O)c2cccnc2SC)c1. The van der Waals surface area contributed by atoms with Crippen molar-refractivity contribution in [2.24, 2.45) is 0 Å². The Bertz CT molecular complexity index is 689. The summed E-state index contributed by atoms with van der Waals surface area (Å²) >= 11 is 1.43. The van der Waals surface area contributed by atoms with E-state index < -0.39 is 0 Å². The number of pyridine rings is 1. The fraction of sp³-hybridized carbons (Fsp3) is 0.188. The van der Waals surface area contributed by atoms with Gasteiger partial charge in [0.25, 0.3) is 11.8 Å². The number of hydrogen-bond acceptors (Lipinski definition) is 4. The van der Waals surface area contributed by atoms with Crippen molar-refractivity contribution >= 4 is 23.6 Å². The van der Waals surface area contributed by atoms with Crippen molar-refractivity contribution in [3.8, 4) is 0 Å². The van der Waals surface area contributed by atoms with Gasteiger partial charge in [-0.05, 0) is 36.1 Å². The Morgan fingerprint density at radius 3 is 2.73 bits per heavy atom. The molecule has 0 aliphatic rings. The lowest BCUT2D eigenvalue weighted by Gasteiger charge is -2.09. The van der Waals surface area contributed by atoms with Crippen LogP contribution in [-0.4, -0.2) is 30.1 Å². The molecule has 114 valence electrons. The first-order valence-electron chi connectivity index (χ1n) is 6.74. The number of rotatable bonds is 5. The van der Waals surface area contributed by atoms with E-state index in [-0.39, 0.29) is 11.8 Å². The normalized spacial score (nSPS) is 10.1. The fourth-order valence-corrected chi connectivity index (χ4v) is 2.52. The summed E-state index contributed by atoms with van der Waals surface area (Å²) in [5.74, 6) is -0.326.